The number of carbonyl (C=O) groups excluding carboxylic acids is 2. The van der Waals surface area contributed by atoms with E-state index in [9.17, 15) is 22.4 Å². The fraction of sp³-hybridized carbons (Fsp3) is 0.310. The standard InChI is InChI=1S/C29H32FN3O4S/c1-31-29(35)27(19-22-5-3-2-4-6-22)33(20-23-7-12-24(30)13-8-23)28(34)18-11-21-9-16-26(17-10-21)38(36,37)32-25-14-15-25/h2-10,12-13,16-17,25,27,32H,11,14-15,18-20H2,1H3,(H,31,35). The average Bonchev–Trinajstić information content (AvgIpc) is 3.74. The van der Waals surface area contributed by atoms with Gasteiger partial charge in [-0.2, -0.15) is 0 Å². The Labute approximate surface area is 223 Å². The number of halogens is 1. The molecule has 0 saturated heterocycles. The summed E-state index contributed by atoms with van der Waals surface area (Å²) in [7, 11) is -2.01. The van der Waals surface area contributed by atoms with Crippen molar-refractivity contribution in [2.45, 2.75) is 55.6 Å². The Kier molecular flexibility index (Phi) is 8.91. The van der Waals surface area contributed by atoms with E-state index in [1.54, 1.807) is 36.4 Å². The maximum absolute atomic E-state index is 13.6. The van der Waals surface area contributed by atoms with Gasteiger partial charge in [0.05, 0.1) is 4.90 Å². The molecule has 1 atom stereocenters. The van der Waals surface area contributed by atoms with Crippen LogP contribution in [0, 0.1) is 5.82 Å². The topological polar surface area (TPSA) is 95.6 Å². The van der Waals surface area contributed by atoms with Gasteiger partial charge in [0.2, 0.25) is 21.8 Å². The maximum Gasteiger partial charge on any atom is 0.242 e. The highest BCUT2D eigenvalue weighted by Gasteiger charge is 2.30. The van der Waals surface area contributed by atoms with Gasteiger partial charge >= 0.3 is 0 Å². The van der Waals surface area contributed by atoms with Crippen LogP contribution in [-0.4, -0.2) is 44.3 Å². The van der Waals surface area contributed by atoms with Gasteiger partial charge in [0.15, 0.2) is 0 Å². The van der Waals surface area contributed by atoms with Crippen LogP contribution in [0.2, 0.25) is 0 Å². The first-order valence-corrected chi connectivity index (χ1v) is 14.1. The molecule has 3 aromatic rings. The fourth-order valence-electron chi connectivity index (χ4n) is 4.23. The molecule has 0 radical (unpaired) electrons. The highest BCUT2D eigenvalue weighted by atomic mass is 32.2. The highest BCUT2D eigenvalue weighted by Crippen LogP contribution is 2.23. The molecule has 3 aromatic carbocycles. The molecule has 0 heterocycles. The summed E-state index contributed by atoms with van der Waals surface area (Å²) < 4.78 is 41.0. The molecule has 38 heavy (non-hydrogen) atoms. The Morgan fingerprint density at radius 2 is 1.55 bits per heavy atom. The summed E-state index contributed by atoms with van der Waals surface area (Å²) in [5.74, 6) is -0.899. The second kappa shape index (κ2) is 12.3. The van der Waals surface area contributed by atoms with E-state index >= 15 is 0 Å². The maximum atomic E-state index is 13.6. The van der Waals surface area contributed by atoms with E-state index < -0.39 is 16.1 Å². The van der Waals surface area contributed by atoms with Crippen molar-refractivity contribution in [3.8, 4) is 0 Å². The van der Waals surface area contributed by atoms with Crippen molar-refractivity contribution >= 4 is 21.8 Å². The SMILES string of the molecule is CNC(=O)C(Cc1ccccc1)N(Cc1ccc(F)cc1)C(=O)CCc1ccc(S(=O)(=O)NC2CC2)cc1. The van der Waals surface area contributed by atoms with Crippen molar-refractivity contribution < 1.29 is 22.4 Å². The third kappa shape index (κ3) is 7.49. The number of hydrogen-bond donors (Lipinski definition) is 2. The van der Waals surface area contributed by atoms with E-state index in [1.165, 1.54) is 24.1 Å². The lowest BCUT2D eigenvalue weighted by atomic mass is 10.0. The number of rotatable bonds is 12. The molecule has 0 bridgehead atoms. The zero-order chi connectivity index (χ0) is 27.1. The van der Waals surface area contributed by atoms with Crippen LogP contribution in [0.1, 0.15) is 36.0 Å². The van der Waals surface area contributed by atoms with Crippen molar-refractivity contribution in [1.29, 1.82) is 0 Å². The number of aryl methyl sites for hydroxylation is 1. The first-order chi connectivity index (χ1) is 18.2. The molecule has 1 fully saturated rings. The smallest absolute Gasteiger partial charge is 0.242 e. The van der Waals surface area contributed by atoms with Crippen molar-refractivity contribution in [2.24, 2.45) is 0 Å². The molecular weight excluding hydrogens is 505 g/mol. The summed E-state index contributed by atoms with van der Waals surface area (Å²) in [4.78, 5) is 28.3. The molecular formula is C29H32FN3O4S. The normalized spacial score (nSPS) is 14.1. The second-order valence-corrected chi connectivity index (χ2v) is 11.2. The molecule has 200 valence electrons. The number of amides is 2. The van der Waals surface area contributed by atoms with Crippen LogP contribution in [0.5, 0.6) is 0 Å². The van der Waals surface area contributed by atoms with Gasteiger partial charge in [-0.05, 0) is 60.2 Å². The minimum absolute atomic E-state index is 0.0218. The van der Waals surface area contributed by atoms with Crippen molar-refractivity contribution in [2.75, 3.05) is 7.05 Å². The van der Waals surface area contributed by atoms with E-state index in [1.807, 2.05) is 30.3 Å². The number of likely N-dealkylation sites (N-methyl/N-ethyl adjacent to an activating group) is 1. The molecule has 2 N–H and O–H groups in total. The Balaban J connectivity index is 1.51. The van der Waals surface area contributed by atoms with Crippen LogP contribution in [0.3, 0.4) is 0 Å². The molecule has 4 rings (SSSR count). The number of nitrogens with one attached hydrogen (secondary N) is 2. The van der Waals surface area contributed by atoms with Crippen LogP contribution < -0.4 is 10.0 Å². The summed E-state index contributed by atoms with van der Waals surface area (Å²) in [5, 5.41) is 2.67. The number of hydrogen-bond acceptors (Lipinski definition) is 4. The van der Waals surface area contributed by atoms with E-state index in [0.717, 1.165) is 24.0 Å². The first-order valence-electron chi connectivity index (χ1n) is 12.7. The molecule has 9 heteroatoms. The molecule has 1 saturated carbocycles. The summed E-state index contributed by atoms with van der Waals surface area (Å²) in [6, 6.07) is 21.1. The largest absolute Gasteiger partial charge is 0.357 e. The third-order valence-corrected chi connectivity index (χ3v) is 8.08. The second-order valence-electron chi connectivity index (χ2n) is 9.51. The summed E-state index contributed by atoms with van der Waals surface area (Å²) in [5.41, 5.74) is 2.43. The molecule has 1 aliphatic carbocycles. The summed E-state index contributed by atoms with van der Waals surface area (Å²) >= 11 is 0. The fourth-order valence-corrected chi connectivity index (χ4v) is 5.53. The van der Waals surface area contributed by atoms with Crippen molar-refractivity contribution in [1.82, 2.24) is 14.9 Å². The number of benzene rings is 3. The molecule has 0 aromatic heterocycles. The lowest BCUT2D eigenvalue weighted by Crippen LogP contribution is -2.49. The van der Waals surface area contributed by atoms with Crippen molar-refractivity contribution in [3.05, 3.63) is 101 Å². The van der Waals surface area contributed by atoms with E-state index in [-0.39, 0.29) is 41.5 Å². The van der Waals surface area contributed by atoms with Gasteiger partial charge in [-0.15, -0.1) is 0 Å². The van der Waals surface area contributed by atoms with Crippen LogP contribution in [0.25, 0.3) is 0 Å². The highest BCUT2D eigenvalue weighted by molar-refractivity contribution is 7.89. The van der Waals surface area contributed by atoms with Gasteiger partial charge in [0.25, 0.3) is 0 Å². The van der Waals surface area contributed by atoms with Gasteiger partial charge in [-0.25, -0.2) is 17.5 Å². The van der Waals surface area contributed by atoms with Gasteiger partial charge in [0.1, 0.15) is 11.9 Å². The molecule has 0 spiro atoms. The monoisotopic (exact) mass is 537 g/mol. The number of sulfonamides is 1. The van der Waals surface area contributed by atoms with Crippen LogP contribution in [0.4, 0.5) is 4.39 Å². The van der Waals surface area contributed by atoms with Gasteiger partial charge < -0.3 is 10.2 Å². The van der Waals surface area contributed by atoms with Gasteiger partial charge in [-0.1, -0.05) is 54.6 Å². The summed E-state index contributed by atoms with van der Waals surface area (Å²) in [6.45, 7) is 0.147. The minimum atomic E-state index is -3.55. The first kappa shape index (κ1) is 27.5. The van der Waals surface area contributed by atoms with Gasteiger partial charge in [-0.3, -0.25) is 9.59 Å². The minimum Gasteiger partial charge on any atom is -0.357 e. The molecule has 1 unspecified atom stereocenters. The Hall–Kier alpha value is -3.56. The average molecular weight is 538 g/mol. The predicted molar refractivity (Wildman–Crippen MR) is 143 cm³/mol. The van der Waals surface area contributed by atoms with E-state index in [0.29, 0.717) is 18.4 Å². The van der Waals surface area contributed by atoms with Crippen LogP contribution in [-0.2, 0) is 39.0 Å². The van der Waals surface area contributed by atoms with Crippen LogP contribution in [0.15, 0.2) is 83.8 Å². The molecule has 2 amide bonds. The zero-order valence-corrected chi connectivity index (χ0v) is 22.1. The Morgan fingerprint density at radius 1 is 0.921 bits per heavy atom. The lowest BCUT2D eigenvalue weighted by Gasteiger charge is -2.31. The van der Waals surface area contributed by atoms with Gasteiger partial charge in [0, 0.05) is 32.5 Å². The number of nitrogens with zero attached hydrogens (tertiary/aromatic N) is 1. The Morgan fingerprint density at radius 3 is 2.16 bits per heavy atom. The zero-order valence-electron chi connectivity index (χ0n) is 21.3. The van der Waals surface area contributed by atoms with E-state index in [4.69, 9.17) is 0 Å². The molecule has 7 nitrogen and oxygen atoms in total. The Bertz CT molecular complexity index is 1340. The van der Waals surface area contributed by atoms with Crippen LogP contribution >= 0.6 is 0 Å². The van der Waals surface area contributed by atoms with E-state index in [2.05, 4.69) is 10.0 Å². The summed E-state index contributed by atoms with van der Waals surface area (Å²) in [6.07, 6.45) is 2.54. The third-order valence-electron chi connectivity index (χ3n) is 6.54. The number of carbonyl (C=O) groups is 2. The predicted octanol–water partition coefficient (Wildman–Crippen LogP) is 3.59. The lowest BCUT2D eigenvalue weighted by molar-refractivity contribution is -0.141. The van der Waals surface area contributed by atoms with Crippen molar-refractivity contribution in [3.63, 3.8) is 0 Å². The molecule has 1 aliphatic rings. The quantitative estimate of drug-likeness (QED) is 0.369. The molecule has 0 aliphatic heterocycles.